The van der Waals surface area contributed by atoms with Crippen LogP contribution in [0.2, 0.25) is 0 Å². The molecule has 0 spiro atoms. The third kappa shape index (κ3) is 9.53. The Morgan fingerprint density at radius 1 is 1.35 bits per heavy atom. The largest absolute Gasteiger partial charge is 0.479 e. The molecule has 0 bridgehead atoms. The lowest BCUT2D eigenvalue weighted by molar-refractivity contribution is -0.146. The fraction of sp³-hybridized carbons (Fsp3) is 0.600. The van der Waals surface area contributed by atoms with Crippen LogP contribution in [0.15, 0.2) is 0 Å². The molecule has 0 radical (unpaired) electrons. The number of terminal acetylenes is 1. The van der Waals surface area contributed by atoms with E-state index in [-0.39, 0.29) is 19.0 Å². The topological polar surface area (TPSA) is 98.7 Å². The number of rotatable bonds is 8. The molecule has 1 atom stereocenters. The van der Waals surface area contributed by atoms with E-state index < -0.39 is 12.1 Å². The quantitative estimate of drug-likeness (QED) is 0.348. The van der Waals surface area contributed by atoms with Crippen molar-refractivity contribution < 1.29 is 19.8 Å². The van der Waals surface area contributed by atoms with Crippen molar-refractivity contribution in [2.75, 3.05) is 24.6 Å². The van der Waals surface area contributed by atoms with Crippen molar-refractivity contribution in [3.8, 4) is 12.3 Å². The van der Waals surface area contributed by atoms with E-state index in [0.717, 1.165) is 5.75 Å². The molecule has 0 saturated carbocycles. The van der Waals surface area contributed by atoms with Crippen LogP contribution in [0.25, 0.3) is 0 Å². The molecular formula is C10H16N2O4S. The average molecular weight is 260 g/mol. The second-order valence-electron chi connectivity index (χ2n) is 3.08. The maximum atomic E-state index is 11.1. The van der Waals surface area contributed by atoms with Crippen LogP contribution >= 0.6 is 11.8 Å². The number of carboxylic acid groups (broad SMARTS) is 1. The zero-order chi connectivity index (χ0) is 13.1. The molecule has 0 rings (SSSR count). The van der Waals surface area contributed by atoms with Crippen LogP contribution in [0.1, 0.15) is 6.42 Å². The van der Waals surface area contributed by atoms with Gasteiger partial charge in [-0.3, -0.25) is 0 Å². The number of hydrogen-bond acceptors (Lipinski definition) is 4. The van der Waals surface area contributed by atoms with Gasteiger partial charge in [-0.25, -0.2) is 9.59 Å². The maximum absolute atomic E-state index is 11.1. The third-order valence-electron chi connectivity index (χ3n) is 1.71. The summed E-state index contributed by atoms with van der Waals surface area (Å²) < 4.78 is 0. The molecule has 6 nitrogen and oxygen atoms in total. The number of carbonyl (C=O) groups excluding carboxylic acids is 1. The van der Waals surface area contributed by atoms with E-state index in [1.54, 1.807) is 0 Å². The van der Waals surface area contributed by atoms with Crippen LogP contribution in [0, 0.1) is 12.3 Å². The van der Waals surface area contributed by atoms with Gasteiger partial charge in [-0.05, 0) is 0 Å². The summed E-state index contributed by atoms with van der Waals surface area (Å²) in [6.45, 7) is 0.594. The standard InChI is InChI=1S/C10H16N2O4S/c1-2-6-17-7-5-12-10(16)11-4-3-8(13)9(14)15/h1,8,13H,3-7H2,(H,14,15)(H2,11,12,16). The van der Waals surface area contributed by atoms with Crippen molar-refractivity contribution in [1.29, 1.82) is 0 Å². The fourth-order valence-electron chi connectivity index (χ4n) is 0.876. The smallest absolute Gasteiger partial charge is 0.332 e. The zero-order valence-corrected chi connectivity index (χ0v) is 10.1. The van der Waals surface area contributed by atoms with E-state index in [0.29, 0.717) is 12.3 Å². The lowest BCUT2D eigenvalue weighted by atomic mass is 10.2. The van der Waals surface area contributed by atoms with Crippen molar-refractivity contribution in [2.24, 2.45) is 0 Å². The predicted molar refractivity (Wildman–Crippen MR) is 65.8 cm³/mol. The minimum Gasteiger partial charge on any atom is -0.479 e. The van der Waals surface area contributed by atoms with Crippen LogP contribution in [0.4, 0.5) is 4.79 Å². The summed E-state index contributed by atoms with van der Waals surface area (Å²) in [4.78, 5) is 21.4. The first-order valence-corrected chi connectivity index (χ1v) is 6.17. The average Bonchev–Trinajstić information content (AvgIpc) is 2.28. The summed E-state index contributed by atoms with van der Waals surface area (Å²) in [7, 11) is 0. The Hall–Kier alpha value is -1.39. The van der Waals surface area contributed by atoms with Crippen molar-refractivity contribution >= 4 is 23.8 Å². The minimum absolute atomic E-state index is 0.0192. The van der Waals surface area contributed by atoms with E-state index in [1.165, 1.54) is 11.8 Å². The SMILES string of the molecule is C#CCSCCNC(=O)NCCC(O)C(=O)O. The molecule has 0 aliphatic rings. The van der Waals surface area contributed by atoms with E-state index in [1.807, 2.05) is 0 Å². The Balaban J connectivity index is 3.41. The van der Waals surface area contributed by atoms with Crippen molar-refractivity contribution in [3.05, 3.63) is 0 Å². The van der Waals surface area contributed by atoms with Gasteiger partial charge in [0.15, 0.2) is 6.10 Å². The normalized spacial score (nSPS) is 11.3. The first-order valence-electron chi connectivity index (χ1n) is 5.01. The molecule has 0 heterocycles. The Kier molecular flexibility index (Phi) is 9.01. The van der Waals surface area contributed by atoms with Crippen molar-refractivity contribution in [3.63, 3.8) is 0 Å². The maximum Gasteiger partial charge on any atom is 0.332 e. The molecule has 17 heavy (non-hydrogen) atoms. The van der Waals surface area contributed by atoms with Crippen molar-refractivity contribution in [1.82, 2.24) is 10.6 Å². The third-order valence-corrected chi connectivity index (χ3v) is 2.57. The summed E-state index contributed by atoms with van der Waals surface area (Å²) in [6, 6.07) is -0.385. The molecule has 0 aromatic heterocycles. The Labute approximate surface area is 104 Å². The summed E-state index contributed by atoms with van der Waals surface area (Å²) in [5, 5.41) is 22.3. The number of nitrogens with one attached hydrogen (secondary N) is 2. The molecule has 0 aliphatic carbocycles. The molecule has 0 saturated heterocycles. The molecule has 1 unspecified atom stereocenters. The van der Waals surface area contributed by atoms with E-state index in [4.69, 9.17) is 16.6 Å². The fourth-order valence-corrected chi connectivity index (χ4v) is 1.38. The Morgan fingerprint density at radius 3 is 2.59 bits per heavy atom. The number of aliphatic carboxylic acids is 1. The summed E-state index contributed by atoms with van der Waals surface area (Å²) >= 11 is 1.53. The summed E-state index contributed by atoms with van der Waals surface area (Å²) in [6.07, 6.45) is 3.58. The Bertz CT molecular complexity index is 291. The number of carboxylic acids is 1. The highest BCUT2D eigenvalue weighted by Gasteiger charge is 2.12. The number of thioether (sulfide) groups is 1. The van der Waals surface area contributed by atoms with Gasteiger partial charge in [-0.15, -0.1) is 18.2 Å². The summed E-state index contributed by atoms with van der Waals surface area (Å²) in [5.74, 6) is 2.49. The number of hydrogen-bond donors (Lipinski definition) is 4. The highest BCUT2D eigenvalue weighted by atomic mass is 32.2. The number of amides is 2. The van der Waals surface area contributed by atoms with Gasteiger partial charge in [0.1, 0.15) is 0 Å². The van der Waals surface area contributed by atoms with E-state index in [9.17, 15) is 9.59 Å². The van der Waals surface area contributed by atoms with Gasteiger partial charge in [-0.1, -0.05) is 5.92 Å². The Morgan fingerprint density at radius 2 is 2.00 bits per heavy atom. The van der Waals surface area contributed by atoms with E-state index >= 15 is 0 Å². The number of aliphatic hydroxyl groups excluding tert-OH is 1. The first-order chi connectivity index (χ1) is 8.07. The summed E-state index contributed by atoms with van der Waals surface area (Å²) in [5.41, 5.74) is 0. The lowest BCUT2D eigenvalue weighted by Gasteiger charge is -2.08. The molecule has 0 aromatic carbocycles. The predicted octanol–water partition coefficient (Wildman–Crippen LogP) is -0.512. The van der Waals surface area contributed by atoms with Gasteiger partial charge in [0.25, 0.3) is 0 Å². The molecule has 0 aromatic rings. The lowest BCUT2D eigenvalue weighted by Crippen LogP contribution is -2.38. The second-order valence-corrected chi connectivity index (χ2v) is 4.19. The molecule has 0 fully saturated rings. The number of aliphatic hydroxyl groups is 1. The molecule has 0 aliphatic heterocycles. The molecule has 96 valence electrons. The monoisotopic (exact) mass is 260 g/mol. The van der Waals surface area contributed by atoms with Crippen LogP contribution in [-0.2, 0) is 4.79 Å². The second kappa shape index (κ2) is 9.81. The molecule has 4 N–H and O–H groups in total. The number of carbonyl (C=O) groups is 2. The van der Waals surface area contributed by atoms with Crippen LogP contribution in [0.3, 0.4) is 0 Å². The van der Waals surface area contributed by atoms with Gasteiger partial charge >= 0.3 is 12.0 Å². The molecular weight excluding hydrogens is 244 g/mol. The van der Waals surface area contributed by atoms with Crippen LogP contribution < -0.4 is 10.6 Å². The van der Waals surface area contributed by atoms with Gasteiger partial charge in [0, 0.05) is 25.3 Å². The van der Waals surface area contributed by atoms with Gasteiger partial charge in [-0.2, -0.15) is 0 Å². The van der Waals surface area contributed by atoms with Gasteiger partial charge in [0.05, 0.1) is 5.75 Å². The number of urea groups is 1. The highest BCUT2D eigenvalue weighted by Crippen LogP contribution is 1.95. The minimum atomic E-state index is -1.44. The van der Waals surface area contributed by atoms with Crippen LogP contribution in [-0.4, -0.2) is 52.9 Å². The molecule has 7 heteroatoms. The zero-order valence-electron chi connectivity index (χ0n) is 9.31. The highest BCUT2D eigenvalue weighted by molar-refractivity contribution is 7.99. The van der Waals surface area contributed by atoms with E-state index in [2.05, 4.69) is 16.6 Å². The van der Waals surface area contributed by atoms with Crippen molar-refractivity contribution in [2.45, 2.75) is 12.5 Å². The van der Waals surface area contributed by atoms with Gasteiger partial charge < -0.3 is 20.8 Å². The molecule has 2 amide bonds. The van der Waals surface area contributed by atoms with Gasteiger partial charge in [0.2, 0.25) is 0 Å². The first kappa shape index (κ1) is 15.6. The van der Waals surface area contributed by atoms with Crippen LogP contribution in [0.5, 0.6) is 0 Å².